The molecule has 0 bridgehead atoms. The summed E-state index contributed by atoms with van der Waals surface area (Å²) in [5.74, 6) is 0.125. The van der Waals surface area contributed by atoms with E-state index in [-0.39, 0.29) is 5.82 Å². The van der Waals surface area contributed by atoms with Gasteiger partial charge >= 0.3 is 0 Å². The molecule has 0 saturated carbocycles. The third-order valence-electron chi connectivity index (χ3n) is 6.34. The maximum absolute atomic E-state index is 13.4. The molecule has 1 saturated heterocycles. The molecule has 2 nitrogen and oxygen atoms in total. The molecule has 1 aliphatic carbocycles. The van der Waals surface area contributed by atoms with Crippen LogP contribution in [0.2, 0.25) is 5.02 Å². The summed E-state index contributed by atoms with van der Waals surface area (Å²) in [6, 6.07) is 14.7. The highest BCUT2D eigenvalue weighted by molar-refractivity contribution is 6.30. The zero-order valence-electron chi connectivity index (χ0n) is 15.6. The Balaban J connectivity index is 1.69. The van der Waals surface area contributed by atoms with E-state index in [1.807, 2.05) is 18.2 Å². The molecular weight excluding hydrogens is 347 g/mol. The molecule has 0 unspecified atom stereocenters. The van der Waals surface area contributed by atoms with E-state index < -0.39 is 0 Å². The van der Waals surface area contributed by atoms with Gasteiger partial charge in [-0.2, -0.15) is 0 Å². The van der Waals surface area contributed by atoms with Crippen molar-refractivity contribution in [2.75, 3.05) is 20.1 Å². The Labute approximate surface area is 160 Å². The van der Waals surface area contributed by atoms with Gasteiger partial charge in [-0.15, -0.1) is 0 Å². The van der Waals surface area contributed by atoms with E-state index >= 15 is 0 Å². The molecule has 4 rings (SSSR count). The summed E-state index contributed by atoms with van der Waals surface area (Å²) in [5, 5.41) is 0.795. The summed E-state index contributed by atoms with van der Waals surface area (Å²) in [6.45, 7) is 6.73. The summed E-state index contributed by atoms with van der Waals surface area (Å²) in [6.07, 6.45) is 1.03. The lowest BCUT2D eigenvalue weighted by Crippen LogP contribution is -2.55. The fourth-order valence-corrected chi connectivity index (χ4v) is 4.87. The Kier molecular flexibility index (Phi) is 4.81. The minimum Gasteiger partial charge on any atom is -0.298 e. The lowest BCUT2D eigenvalue weighted by atomic mass is 9.93. The fraction of sp³-hybridized carbons (Fsp3) is 0.455. The van der Waals surface area contributed by atoms with Crippen LogP contribution in [0.15, 0.2) is 42.5 Å². The molecule has 2 aromatic carbocycles. The van der Waals surface area contributed by atoms with Gasteiger partial charge in [0.2, 0.25) is 0 Å². The highest BCUT2D eigenvalue weighted by atomic mass is 35.5. The standard InChI is InChI=1S/C22H26ClFN2/c1-14-12-26(13-15(2)25(14)3)22-11-20(16-4-7-18(24)8-5-16)19-9-6-17(23)10-21(19)22/h4-10,14-15,20,22H,11-13H2,1-3H3/t14-,15-,20+,22+/m1/s1. The first-order chi connectivity index (χ1) is 12.4. The van der Waals surface area contributed by atoms with Gasteiger partial charge in [0, 0.05) is 42.2 Å². The number of piperazine rings is 1. The Hall–Kier alpha value is -1.42. The zero-order chi connectivity index (χ0) is 18.4. The van der Waals surface area contributed by atoms with E-state index in [0.29, 0.717) is 24.0 Å². The highest BCUT2D eigenvalue weighted by Crippen LogP contribution is 2.48. The van der Waals surface area contributed by atoms with Gasteiger partial charge in [-0.05, 0) is 68.3 Å². The van der Waals surface area contributed by atoms with Crippen LogP contribution in [0.4, 0.5) is 4.39 Å². The maximum Gasteiger partial charge on any atom is 0.123 e. The van der Waals surface area contributed by atoms with Gasteiger partial charge in [0.15, 0.2) is 0 Å². The smallest absolute Gasteiger partial charge is 0.123 e. The van der Waals surface area contributed by atoms with Crippen molar-refractivity contribution < 1.29 is 4.39 Å². The number of hydrogen-bond donors (Lipinski definition) is 0. The molecule has 138 valence electrons. The van der Waals surface area contributed by atoms with E-state index in [2.05, 4.69) is 42.8 Å². The normalized spacial score (nSPS) is 29.7. The summed E-state index contributed by atoms with van der Waals surface area (Å²) in [4.78, 5) is 5.08. The summed E-state index contributed by atoms with van der Waals surface area (Å²) >= 11 is 6.35. The van der Waals surface area contributed by atoms with E-state index in [1.165, 1.54) is 16.7 Å². The van der Waals surface area contributed by atoms with Crippen LogP contribution in [0.3, 0.4) is 0 Å². The molecule has 2 aliphatic rings. The average molecular weight is 373 g/mol. The second-order valence-electron chi connectivity index (χ2n) is 7.95. The first-order valence-corrected chi connectivity index (χ1v) is 9.82. The first kappa shape index (κ1) is 18.0. The lowest BCUT2D eigenvalue weighted by Gasteiger charge is -2.45. The average Bonchev–Trinajstić information content (AvgIpc) is 2.98. The van der Waals surface area contributed by atoms with Crippen LogP contribution in [0.25, 0.3) is 0 Å². The second-order valence-corrected chi connectivity index (χ2v) is 8.38. The van der Waals surface area contributed by atoms with Crippen LogP contribution in [-0.4, -0.2) is 42.0 Å². The number of likely N-dealkylation sites (N-methyl/N-ethyl adjacent to an activating group) is 1. The number of fused-ring (bicyclic) bond motifs is 1. The SMILES string of the molecule is C[C@@H]1CN([C@H]2C[C@@H](c3ccc(F)cc3)c3ccc(Cl)cc32)C[C@@H](C)N1C. The monoisotopic (exact) mass is 372 g/mol. The predicted molar refractivity (Wildman–Crippen MR) is 105 cm³/mol. The van der Waals surface area contributed by atoms with Crippen molar-refractivity contribution >= 4 is 11.6 Å². The van der Waals surface area contributed by atoms with Crippen molar-refractivity contribution in [2.24, 2.45) is 0 Å². The molecule has 1 fully saturated rings. The zero-order valence-corrected chi connectivity index (χ0v) is 16.4. The van der Waals surface area contributed by atoms with E-state index in [1.54, 1.807) is 12.1 Å². The number of rotatable bonds is 2. The highest BCUT2D eigenvalue weighted by Gasteiger charge is 2.39. The van der Waals surface area contributed by atoms with E-state index in [9.17, 15) is 4.39 Å². The Morgan fingerprint density at radius 3 is 2.27 bits per heavy atom. The predicted octanol–water partition coefficient (Wildman–Crippen LogP) is 5.08. The van der Waals surface area contributed by atoms with Crippen molar-refractivity contribution in [3.8, 4) is 0 Å². The Morgan fingerprint density at radius 1 is 0.962 bits per heavy atom. The number of halogens is 2. The molecule has 0 aromatic heterocycles. The van der Waals surface area contributed by atoms with Gasteiger partial charge in [0.25, 0.3) is 0 Å². The van der Waals surface area contributed by atoms with Crippen molar-refractivity contribution in [3.05, 3.63) is 70.0 Å². The quantitative estimate of drug-likeness (QED) is 0.725. The molecule has 26 heavy (non-hydrogen) atoms. The summed E-state index contributed by atoms with van der Waals surface area (Å²) in [5.41, 5.74) is 3.87. The van der Waals surface area contributed by atoms with Crippen LogP contribution in [0.5, 0.6) is 0 Å². The van der Waals surface area contributed by atoms with Gasteiger partial charge in [-0.25, -0.2) is 4.39 Å². The van der Waals surface area contributed by atoms with Crippen molar-refractivity contribution in [3.63, 3.8) is 0 Å². The van der Waals surface area contributed by atoms with Crippen molar-refractivity contribution in [1.29, 1.82) is 0 Å². The topological polar surface area (TPSA) is 6.48 Å². The van der Waals surface area contributed by atoms with Gasteiger partial charge in [-0.3, -0.25) is 9.80 Å². The third kappa shape index (κ3) is 3.17. The van der Waals surface area contributed by atoms with Crippen molar-refractivity contribution in [1.82, 2.24) is 9.80 Å². The number of nitrogens with zero attached hydrogens (tertiary/aromatic N) is 2. The summed E-state index contributed by atoms with van der Waals surface area (Å²) in [7, 11) is 2.22. The van der Waals surface area contributed by atoms with Gasteiger partial charge in [0.1, 0.15) is 5.82 Å². The molecule has 0 amide bonds. The van der Waals surface area contributed by atoms with E-state index in [0.717, 1.165) is 24.5 Å². The Bertz CT molecular complexity index is 779. The Morgan fingerprint density at radius 2 is 1.62 bits per heavy atom. The summed E-state index contributed by atoms with van der Waals surface area (Å²) < 4.78 is 13.4. The van der Waals surface area contributed by atoms with Crippen LogP contribution < -0.4 is 0 Å². The van der Waals surface area contributed by atoms with Gasteiger partial charge in [0.05, 0.1) is 0 Å². The van der Waals surface area contributed by atoms with Crippen molar-refractivity contribution in [2.45, 2.75) is 44.3 Å². The maximum atomic E-state index is 13.4. The fourth-order valence-electron chi connectivity index (χ4n) is 4.69. The van der Waals surface area contributed by atoms with Crippen LogP contribution >= 0.6 is 11.6 Å². The number of hydrogen-bond acceptors (Lipinski definition) is 2. The minimum absolute atomic E-state index is 0.179. The molecule has 4 heteroatoms. The lowest BCUT2D eigenvalue weighted by molar-refractivity contribution is 0.0327. The van der Waals surface area contributed by atoms with Gasteiger partial charge in [-0.1, -0.05) is 29.8 Å². The molecule has 0 N–H and O–H groups in total. The molecular formula is C22H26ClFN2. The van der Waals surface area contributed by atoms with Crippen LogP contribution in [-0.2, 0) is 0 Å². The molecule has 0 spiro atoms. The minimum atomic E-state index is -0.179. The molecule has 1 heterocycles. The largest absolute Gasteiger partial charge is 0.298 e. The van der Waals surface area contributed by atoms with Crippen LogP contribution in [0.1, 0.15) is 48.9 Å². The molecule has 4 atom stereocenters. The van der Waals surface area contributed by atoms with Gasteiger partial charge < -0.3 is 0 Å². The molecule has 1 aliphatic heterocycles. The number of benzene rings is 2. The first-order valence-electron chi connectivity index (χ1n) is 9.45. The second kappa shape index (κ2) is 6.95. The van der Waals surface area contributed by atoms with E-state index in [4.69, 9.17) is 11.6 Å². The third-order valence-corrected chi connectivity index (χ3v) is 6.58. The molecule has 0 radical (unpaired) electrons. The van der Waals surface area contributed by atoms with Crippen LogP contribution in [0, 0.1) is 5.82 Å². The molecule has 2 aromatic rings.